The van der Waals surface area contributed by atoms with Crippen molar-refractivity contribution in [3.05, 3.63) is 32.9 Å². The van der Waals surface area contributed by atoms with Crippen molar-refractivity contribution < 1.29 is 39.1 Å². The number of carboxylic acid groups (broad SMARTS) is 2. The number of aliphatic carboxylic acids is 2. The Bertz CT molecular complexity index is 834. The minimum atomic E-state index is -2.80. The van der Waals surface area contributed by atoms with E-state index in [1.54, 1.807) is 4.98 Å². The van der Waals surface area contributed by atoms with Gasteiger partial charge in [0.1, 0.15) is 5.60 Å². The number of carbonyl (C=O) groups is 2. The van der Waals surface area contributed by atoms with Crippen LogP contribution in [0, 0.1) is 5.82 Å². The molecule has 0 radical (unpaired) electrons. The molecule has 1 aliphatic rings. The smallest absolute Gasteiger partial charge is 0.330 e. The van der Waals surface area contributed by atoms with E-state index in [-0.39, 0.29) is 0 Å². The third kappa shape index (κ3) is 2.94. The number of nitrogens with zero attached hydrogens (tertiary/aromatic N) is 1. The van der Waals surface area contributed by atoms with Crippen LogP contribution in [0.15, 0.2) is 15.8 Å². The molecule has 1 saturated heterocycles. The second kappa shape index (κ2) is 6.06. The van der Waals surface area contributed by atoms with Crippen molar-refractivity contribution in [1.82, 2.24) is 9.55 Å². The van der Waals surface area contributed by atoms with E-state index in [0.29, 0.717) is 10.8 Å². The Morgan fingerprint density at radius 2 is 1.76 bits per heavy atom. The van der Waals surface area contributed by atoms with Gasteiger partial charge in [0.25, 0.3) is 5.56 Å². The highest BCUT2D eigenvalue weighted by Gasteiger charge is 2.66. The molecule has 0 unspecified atom stereocenters. The maximum absolute atomic E-state index is 13.5. The lowest BCUT2D eigenvalue weighted by atomic mass is 9.76. The number of halogens is 1. The number of hydrogen-bond acceptors (Lipinski definition) is 7. The summed E-state index contributed by atoms with van der Waals surface area (Å²) in [5, 5.41) is 39.4. The fourth-order valence-electron chi connectivity index (χ4n) is 2.91. The van der Waals surface area contributed by atoms with Crippen molar-refractivity contribution in [3.8, 4) is 0 Å². The Labute approximate surface area is 137 Å². The molecule has 1 aromatic heterocycles. The largest absolute Gasteiger partial charge is 0.481 e. The fraction of sp³-hybridized carbons (Fsp3) is 0.538. The summed E-state index contributed by atoms with van der Waals surface area (Å²) in [6.07, 6.45) is -5.33. The number of rotatable bonds is 5. The Morgan fingerprint density at radius 1 is 1.24 bits per heavy atom. The number of aliphatic hydroxyl groups is 2. The quantitative estimate of drug-likeness (QED) is 0.396. The van der Waals surface area contributed by atoms with E-state index >= 15 is 0 Å². The van der Waals surface area contributed by atoms with Crippen LogP contribution in [0.2, 0.25) is 0 Å². The Hall–Kier alpha value is -2.57. The summed E-state index contributed by atoms with van der Waals surface area (Å²) in [6.45, 7) is 1.16. The van der Waals surface area contributed by atoms with E-state index in [1.807, 2.05) is 0 Å². The number of H-pyrrole nitrogens is 1. The molecule has 4 atom stereocenters. The van der Waals surface area contributed by atoms with Crippen LogP contribution in [0.1, 0.15) is 26.0 Å². The number of ether oxygens (including phenoxy) is 1. The molecule has 25 heavy (non-hydrogen) atoms. The molecule has 1 aromatic rings. The van der Waals surface area contributed by atoms with Crippen LogP contribution < -0.4 is 11.2 Å². The normalized spacial score (nSPS) is 31.8. The maximum atomic E-state index is 13.5. The average Bonchev–Trinajstić information content (AvgIpc) is 2.63. The summed E-state index contributed by atoms with van der Waals surface area (Å²) in [4.78, 5) is 46.8. The monoisotopic (exact) mass is 362 g/mol. The van der Waals surface area contributed by atoms with Gasteiger partial charge in [0, 0.05) is 0 Å². The summed E-state index contributed by atoms with van der Waals surface area (Å²) in [5.41, 5.74) is -8.00. The van der Waals surface area contributed by atoms with Gasteiger partial charge in [-0.25, -0.2) is 4.79 Å². The standard InChI is InChI=1S/C13H15FN2O9/c1-5-12(23,2-7(17)18)13(24,3-8(19)20)10(25-5)16-4-6(14)9(21)15-11(16)22/h4-5,10,23-24H,2-3H2,1H3,(H,17,18)(H,19,20)(H,15,21,22)/t5-,10-,12-,13+/m1/s1. The molecule has 1 fully saturated rings. The number of hydrogen-bond donors (Lipinski definition) is 5. The topological polar surface area (TPSA) is 179 Å². The number of nitrogens with one attached hydrogen (secondary N) is 1. The van der Waals surface area contributed by atoms with Gasteiger partial charge in [0.05, 0.1) is 25.1 Å². The maximum Gasteiger partial charge on any atom is 0.330 e. The van der Waals surface area contributed by atoms with Gasteiger partial charge < -0.3 is 25.2 Å². The molecule has 2 rings (SSSR count). The molecule has 0 spiro atoms. The van der Waals surface area contributed by atoms with Crippen molar-refractivity contribution in [1.29, 1.82) is 0 Å². The van der Waals surface area contributed by atoms with Gasteiger partial charge in [-0.15, -0.1) is 0 Å². The lowest BCUT2D eigenvalue weighted by molar-refractivity contribution is -0.184. The summed E-state index contributed by atoms with van der Waals surface area (Å²) in [5.74, 6) is -4.63. The van der Waals surface area contributed by atoms with Crippen molar-refractivity contribution >= 4 is 11.9 Å². The second-order valence-electron chi connectivity index (χ2n) is 5.76. The molecular weight excluding hydrogens is 347 g/mol. The zero-order chi connectivity index (χ0) is 19.2. The van der Waals surface area contributed by atoms with E-state index in [4.69, 9.17) is 14.9 Å². The van der Waals surface area contributed by atoms with E-state index < -0.39 is 65.4 Å². The third-order valence-electron chi connectivity index (χ3n) is 4.18. The van der Waals surface area contributed by atoms with Crippen LogP contribution in [0.3, 0.4) is 0 Å². The first-order chi connectivity index (χ1) is 11.4. The van der Waals surface area contributed by atoms with Gasteiger partial charge in [-0.1, -0.05) is 0 Å². The highest BCUT2D eigenvalue weighted by atomic mass is 19.1. The third-order valence-corrected chi connectivity index (χ3v) is 4.18. The molecule has 12 heteroatoms. The summed E-state index contributed by atoms with van der Waals surface area (Å²) in [7, 11) is 0. The van der Waals surface area contributed by atoms with Crippen molar-refractivity contribution in [2.45, 2.75) is 43.3 Å². The predicted molar refractivity (Wildman–Crippen MR) is 75.3 cm³/mol. The zero-order valence-corrected chi connectivity index (χ0v) is 12.8. The van der Waals surface area contributed by atoms with Gasteiger partial charge in [-0.3, -0.25) is 23.9 Å². The number of carboxylic acids is 2. The SMILES string of the molecule is C[C@H]1O[C@@H](n2cc(F)c(=O)[nH]c2=O)[C@@](O)(CC(=O)O)[C@@]1(O)CC(=O)O. The molecule has 0 aliphatic carbocycles. The molecule has 0 saturated carbocycles. The molecule has 5 N–H and O–H groups in total. The van der Waals surface area contributed by atoms with Crippen LogP contribution in [0.4, 0.5) is 4.39 Å². The van der Waals surface area contributed by atoms with Crippen LogP contribution in [-0.4, -0.2) is 59.2 Å². The minimum Gasteiger partial charge on any atom is -0.481 e. The van der Waals surface area contributed by atoms with Crippen LogP contribution in [0.25, 0.3) is 0 Å². The van der Waals surface area contributed by atoms with Gasteiger partial charge in [0.15, 0.2) is 11.8 Å². The van der Waals surface area contributed by atoms with E-state index in [2.05, 4.69) is 0 Å². The molecule has 0 bridgehead atoms. The summed E-state index contributed by atoms with van der Waals surface area (Å²) >= 11 is 0. The molecule has 0 amide bonds. The Kier molecular flexibility index (Phi) is 4.55. The van der Waals surface area contributed by atoms with Crippen molar-refractivity contribution in [3.63, 3.8) is 0 Å². The second-order valence-corrected chi connectivity index (χ2v) is 5.76. The Morgan fingerprint density at radius 3 is 2.28 bits per heavy atom. The summed E-state index contributed by atoms with van der Waals surface area (Å²) in [6, 6.07) is 0. The van der Waals surface area contributed by atoms with E-state index in [0.717, 1.165) is 6.92 Å². The average molecular weight is 362 g/mol. The molecular formula is C13H15FN2O9. The van der Waals surface area contributed by atoms with Crippen LogP contribution in [0.5, 0.6) is 0 Å². The van der Waals surface area contributed by atoms with Gasteiger partial charge in [-0.05, 0) is 6.92 Å². The van der Waals surface area contributed by atoms with Crippen LogP contribution in [-0.2, 0) is 14.3 Å². The summed E-state index contributed by atoms with van der Waals surface area (Å²) < 4.78 is 19.1. The van der Waals surface area contributed by atoms with E-state index in [9.17, 15) is 33.8 Å². The van der Waals surface area contributed by atoms with Gasteiger partial charge in [0.2, 0.25) is 5.82 Å². The predicted octanol–water partition coefficient (Wildman–Crippen LogP) is -2.00. The fourth-order valence-corrected chi connectivity index (χ4v) is 2.91. The molecule has 0 aromatic carbocycles. The van der Waals surface area contributed by atoms with Gasteiger partial charge in [-0.2, -0.15) is 4.39 Å². The Balaban J connectivity index is 2.67. The number of aromatic nitrogens is 2. The first-order valence-corrected chi connectivity index (χ1v) is 6.97. The molecule has 2 heterocycles. The molecule has 11 nitrogen and oxygen atoms in total. The van der Waals surface area contributed by atoms with Crippen molar-refractivity contribution in [2.24, 2.45) is 0 Å². The number of aromatic amines is 1. The first kappa shape index (κ1) is 18.8. The van der Waals surface area contributed by atoms with E-state index in [1.165, 1.54) is 0 Å². The molecule has 138 valence electrons. The highest BCUT2D eigenvalue weighted by Crippen LogP contribution is 2.48. The lowest BCUT2D eigenvalue weighted by Crippen LogP contribution is -2.60. The lowest BCUT2D eigenvalue weighted by Gasteiger charge is -2.38. The van der Waals surface area contributed by atoms with Gasteiger partial charge >= 0.3 is 17.6 Å². The highest BCUT2D eigenvalue weighted by molar-refractivity contribution is 5.71. The van der Waals surface area contributed by atoms with Crippen molar-refractivity contribution in [2.75, 3.05) is 0 Å². The first-order valence-electron chi connectivity index (χ1n) is 6.97. The minimum absolute atomic E-state index is 0.357. The zero-order valence-electron chi connectivity index (χ0n) is 12.8. The molecule has 1 aliphatic heterocycles. The van der Waals surface area contributed by atoms with Crippen LogP contribution >= 0.6 is 0 Å².